The van der Waals surface area contributed by atoms with Crippen LogP contribution in [-0.4, -0.2) is 52.8 Å². The highest BCUT2D eigenvalue weighted by molar-refractivity contribution is 6.33. The second-order valence-corrected chi connectivity index (χ2v) is 11.3. The molecule has 248 valence electrons. The van der Waals surface area contributed by atoms with E-state index in [1.807, 2.05) is 5.32 Å². The van der Waals surface area contributed by atoms with Crippen LogP contribution in [0.25, 0.3) is 22.2 Å². The van der Waals surface area contributed by atoms with Crippen molar-refractivity contribution in [1.82, 2.24) is 15.3 Å². The summed E-state index contributed by atoms with van der Waals surface area (Å²) in [6, 6.07) is 5.71. The molecular weight excluding hydrogens is 665 g/mol. The highest BCUT2D eigenvalue weighted by atomic mass is 35.5. The van der Waals surface area contributed by atoms with Gasteiger partial charge in [-0.1, -0.05) is 11.6 Å². The maximum absolute atomic E-state index is 14.7. The Hall–Kier alpha value is -4.70. The minimum atomic E-state index is -5.58. The summed E-state index contributed by atoms with van der Waals surface area (Å²) >= 11 is 5.99. The molecule has 2 amide bonds. The van der Waals surface area contributed by atoms with Crippen molar-refractivity contribution >= 4 is 34.3 Å². The van der Waals surface area contributed by atoms with Gasteiger partial charge in [0.15, 0.2) is 17.4 Å². The van der Waals surface area contributed by atoms with E-state index >= 15 is 0 Å². The first-order valence-electron chi connectivity index (χ1n) is 13.4. The van der Waals surface area contributed by atoms with Gasteiger partial charge in [0.1, 0.15) is 29.0 Å². The highest BCUT2D eigenvalue weighted by Gasteiger charge is 2.58. The molecule has 0 aliphatic carbocycles. The molecular formula is C30H22ClF7N4O5. The zero-order valence-corrected chi connectivity index (χ0v) is 24.9. The molecule has 17 heteroatoms. The Kier molecular flexibility index (Phi) is 8.47. The molecule has 0 bridgehead atoms. The monoisotopic (exact) mass is 686 g/mol. The number of carbonyl (C=O) groups is 2. The molecule has 3 heterocycles. The second-order valence-electron chi connectivity index (χ2n) is 10.9. The lowest BCUT2D eigenvalue weighted by Gasteiger charge is -2.31. The van der Waals surface area contributed by atoms with E-state index in [0.717, 1.165) is 12.1 Å². The normalized spacial score (nSPS) is 17.3. The lowest BCUT2D eigenvalue weighted by atomic mass is 9.81. The summed E-state index contributed by atoms with van der Waals surface area (Å²) in [5.41, 5.74) is -2.68. The molecule has 0 unspecified atom stereocenters. The van der Waals surface area contributed by atoms with Gasteiger partial charge in [-0.3, -0.25) is 14.6 Å². The van der Waals surface area contributed by atoms with Gasteiger partial charge in [-0.15, -0.1) is 0 Å². The van der Waals surface area contributed by atoms with Crippen molar-refractivity contribution in [2.45, 2.75) is 37.7 Å². The predicted octanol–water partition coefficient (Wildman–Crippen LogP) is 5.45. The number of nitrogens with two attached hydrogens (primary N) is 1. The number of rotatable bonds is 8. The fourth-order valence-electron chi connectivity index (χ4n) is 4.98. The second kappa shape index (κ2) is 11.8. The topological polar surface area (TPSA) is 137 Å². The van der Waals surface area contributed by atoms with E-state index in [1.54, 1.807) is 6.92 Å². The van der Waals surface area contributed by atoms with Crippen molar-refractivity contribution < 1.29 is 54.9 Å². The number of aromatic nitrogens is 2. The standard InChI is InChI=1S/C30H22ClF7N4O5/c1-12-5-13-6-14(7-18(47-27(34)35)22(13)40-9-12)25(43)41-10-29(45,30(36,37)38)19-8-16-24(46-11-28(16,2)26(39)44)23(42-19)15-3-4-17(32)21(33)20(15)31/h3-9,27,45H,10-11H2,1-2H3,(H2,39,44)(H,41,43)/t28-,29-/m0/s1. The van der Waals surface area contributed by atoms with Crippen LogP contribution in [0.1, 0.15) is 34.1 Å². The molecule has 2 aromatic carbocycles. The van der Waals surface area contributed by atoms with Crippen molar-refractivity contribution in [1.29, 1.82) is 0 Å². The van der Waals surface area contributed by atoms with E-state index in [9.17, 15) is 45.4 Å². The molecule has 0 spiro atoms. The minimum Gasteiger partial charge on any atom is -0.489 e. The average molecular weight is 687 g/mol. The number of hydrogen-bond donors (Lipinski definition) is 3. The Morgan fingerprint density at radius 2 is 1.89 bits per heavy atom. The zero-order chi connectivity index (χ0) is 34.6. The molecule has 2 atom stereocenters. The Bertz CT molecular complexity index is 1940. The van der Waals surface area contributed by atoms with Gasteiger partial charge in [-0.2, -0.15) is 22.0 Å². The Labute approximate surface area is 265 Å². The molecule has 5 rings (SSSR count). The van der Waals surface area contributed by atoms with E-state index in [0.29, 0.717) is 17.7 Å². The summed E-state index contributed by atoms with van der Waals surface area (Å²) in [7, 11) is 0. The van der Waals surface area contributed by atoms with Crippen LogP contribution < -0.4 is 20.5 Å². The van der Waals surface area contributed by atoms with Gasteiger partial charge in [-0.05, 0) is 55.8 Å². The number of aliphatic hydroxyl groups is 1. The number of hydrogen-bond acceptors (Lipinski definition) is 7. The molecule has 2 aromatic heterocycles. The number of nitrogens with zero attached hydrogens (tertiary/aromatic N) is 2. The number of alkyl halides is 5. The first-order valence-corrected chi connectivity index (χ1v) is 13.8. The number of ether oxygens (including phenoxy) is 2. The number of aryl methyl sites for hydroxylation is 1. The number of fused-ring (bicyclic) bond motifs is 2. The first-order chi connectivity index (χ1) is 21.9. The molecule has 0 fully saturated rings. The number of halogens is 8. The minimum absolute atomic E-state index is 0.0512. The summed E-state index contributed by atoms with van der Waals surface area (Å²) in [5.74, 6) is -6.09. The Morgan fingerprint density at radius 3 is 2.53 bits per heavy atom. The predicted molar refractivity (Wildman–Crippen MR) is 152 cm³/mol. The van der Waals surface area contributed by atoms with Crippen molar-refractivity contribution in [2.24, 2.45) is 5.73 Å². The molecule has 4 N–H and O–H groups in total. The average Bonchev–Trinajstić information content (AvgIpc) is 3.34. The number of primary amides is 1. The van der Waals surface area contributed by atoms with Crippen molar-refractivity contribution in [3.8, 4) is 22.8 Å². The van der Waals surface area contributed by atoms with Gasteiger partial charge >= 0.3 is 12.8 Å². The van der Waals surface area contributed by atoms with Gasteiger partial charge in [0.25, 0.3) is 5.91 Å². The van der Waals surface area contributed by atoms with E-state index in [1.165, 1.54) is 25.3 Å². The van der Waals surface area contributed by atoms with Crippen LogP contribution in [0.3, 0.4) is 0 Å². The van der Waals surface area contributed by atoms with Crippen LogP contribution in [0.2, 0.25) is 5.02 Å². The molecule has 0 radical (unpaired) electrons. The first kappa shape index (κ1) is 33.7. The Balaban J connectivity index is 1.62. The maximum atomic E-state index is 14.7. The number of nitrogens with one attached hydrogen (secondary N) is 1. The van der Waals surface area contributed by atoms with Gasteiger partial charge in [0.2, 0.25) is 11.5 Å². The van der Waals surface area contributed by atoms with E-state index in [4.69, 9.17) is 22.1 Å². The number of carbonyl (C=O) groups excluding carboxylic acids is 2. The molecule has 0 saturated carbocycles. The van der Waals surface area contributed by atoms with Crippen LogP contribution in [0, 0.1) is 18.6 Å². The fraction of sp³-hybridized carbons (Fsp3) is 0.267. The third-order valence-electron chi connectivity index (χ3n) is 7.67. The highest BCUT2D eigenvalue weighted by Crippen LogP contribution is 2.49. The van der Waals surface area contributed by atoms with Gasteiger partial charge in [0, 0.05) is 28.3 Å². The zero-order valence-electron chi connectivity index (χ0n) is 24.1. The van der Waals surface area contributed by atoms with Crippen LogP contribution in [0.15, 0.2) is 42.6 Å². The molecule has 9 nitrogen and oxygen atoms in total. The van der Waals surface area contributed by atoms with Crippen molar-refractivity contribution in [3.05, 3.63) is 81.6 Å². The van der Waals surface area contributed by atoms with Crippen LogP contribution in [0.5, 0.6) is 11.5 Å². The maximum Gasteiger partial charge on any atom is 0.424 e. The van der Waals surface area contributed by atoms with Crippen LogP contribution in [-0.2, 0) is 15.8 Å². The van der Waals surface area contributed by atoms with E-state index in [2.05, 4.69) is 14.7 Å². The van der Waals surface area contributed by atoms with Crippen LogP contribution >= 0.6 is 11.6 Å². The van der Waals surface area contributed by atoms with Gasteiger partial charge < -0.3 is 25.6 Å². The molecule has 1 aliphatic heterocycles. The van der Waals surface area contributed by atoms with Crippen molar-refractivity contribution in [3.63, 3.8) is 0 Å². The quantitative estimate of drug-likeness (QED) is 0.166. The third kappa shape index (κ3) is 5.86. The number of pyridine rings is 2. The summed E-state index contributed by atoms with van der Waals surface area (Å²) in [6.45, 7) is -2.55. The number of benzene rings is 2. The third-order valence-corrected chi connectivity index (χ3v) is 8.04. The largest absolute Gasteiger partial charge is 0.489 e. The summed E-state index contributed by atoms with van der Waals surface area (Å²) in [5, 5.41) is 12.4. The summed E-state index contributed by atoms with van der Waals surface area (Å²) in [4.78, 5) is 33.5. The molecule has 4 aromatic rings. The van der Waals surface area contributed by atoms with Gasteiger partial charge in [0.05, 0.1) is 17.3 Å². The summed E-state index contributed by atoms with van der Waals surface area (Å²) in [6.07, 6.45) is -4.23. The van der Waals surface area contributed by atoms with E-state index in [-0.39, 0.29) is 22.2 Å². The Morgan fingerprint density at radius 1 is 1.19 bits per heavy atom. The smallest absolute Gasteiger partial charge is 0.424 e. The van der Waals surface area contributed by atoms with E-state index < -0.39 is 93.7 Å². The molecule has 0 saturated heterocycles. The van der Waals surface area contributed by atoms with Crippen LogP contribution in [0.4, 0.5) is 30.7 Å². The lowest BCUT2D eigenvalue weighted by molar-refractivity contribution is -0.265. The summed E-state index contributed by atoms with van der Waals surface area (Å²) < 4.78 is 109. The molecule has 47 heavy (non-hydrogen) atoms. The lowest BCUT2D eigenvalue weighted by Crippen LogP contribution is -2.51. The van der Waals surface area contributed by atoms with Gasteiger partial charge in [-0.25, -0.2) is 13.8 Å². The fourth-order valence-corrected chi connectivity index (χ4v) is 5.22. The van der Waals surface area contributed by atoms with Crippen molar-refractivity contribution in [2.75, 3.05) is 13.2 Å². The number of amides is 2. The molecule has 1 aliphatic rings. The SMILES string of the molecule is Cc1cnc2c(OC(F)F)cc(C(=O)NC[C@](O)(c3cc4c(c(-c5ccc(F)c(F)c5Cl)n3)OC[C@]4(C)C(N)=O)C(F)(F)F)cc2c1.